The summed E-state index contributed by atoms with van der Waals surface area (Å²) in [6.45, 7) is 1.04. The van der Waals surface area contributed by atoms with E-state index in [1.807, 2.05) is 7.05 Å². The van der Waals surface area contributed by atoms with Crippen molar-refractivity contribution in [1.82, 2.24) is 5.32 Å². The molecule has 1 atom stereocenters. The van der Waals surface area contributed by atoms with Crippen LogP contribution in [0.1, 0.15) is 29.9 Å². The number of hydrogen-bond acceptors (Lipinski definition) is 1. The van der Waals surface area contributed by atoms with Gasteiger partial charge in [0.2, 0.25) is 0 Å². The maximum atomic E-state index is 3.50. The third kappa shape index (κ3) is 4.77. The van der Waals surface area contributed by atoms with Crippen LogP contribution < -0.4 is 5.32 Å². The van der Waals surface area contributed by atoms with Gasteiger partial charge in [-0.25, -0.2) is 0 Å². The van der Waals surface area contributed by atoms with Crippen LogP contribution in [-0.4, -0.2) is 13.6 Å². The van der Waals surface area contributed by atoms with Gasteiger partial charge in [-0.3, -0.25) is 0 Å². The molecular weight excluding hydrogens is 310 g/mol. The lowest BCUT2D eigenvalue weighted by atomic mass is 9.92. The van der Waals surface area contributed by atoms with Crippen LogP contribution >= 0.6 is 15.9 Å². The minimum absolute atomic E-state index is 0.594. The number of nitrogens with one attached hydrogen (secondary N) is 1. The zero-order chi connectivity index (χ0) is 14.2. The average molecular weight is 332 g/mol. The molecule has 0 aliphatic carbocycles. The van der Waals surface area contributed by atoms with Gasteiger partial charge in [-0.1, -0.05) is 58.4 Å². The molecule has 0 fully saturated rings. The lowest BCUT2D eigenvalue weighted by Crippen LogP contribution is -2.17. The van der Waals surface area contributed by atoms with Crippen molar-refractivity contribution in [3.63, 3.8) is 0 Å². The zero-order valence-corrected chi connectivity index (χ0v) is 13.6. The van der Waals surface area contributed by atoms with Crippen LogP contribution in [0.4, 0.5) is 0 Å². The van der Waals surface area contributed by atoms with Gasteiger partial charge < -0.3 is 5.32 Å². The van der Waals surface area contributed by atoms with Crippen molar-refractivity contribution in [3.8, 4) is 0 Å². The van der Waals surface area contributed by atoms with Crippen molar-refractivity contribution >= 4 is 15.9 Å². The first-order valence-corrected chi connectivity index (χ1v) is 8.03. The number of rotatable bonds is 7. The molecule has 2 aromatic rings. The van der Waals surface area contributed by atoms with Crippen LogP contribution in [0.15, 0.2) is 59.1 Å². The standard InChI is InChI=1S/C18H22BrN/c1-20-14-17(16-10-12-18(19)13-11-16)9-5-8-15-6-3-2-4-7-15/h2-4,6-7,10-13,17,20H,5,8-9,14H2,1H3. The first-order chi connectivity index (χ1) is 9.79. The second kappa shape index (κ2) is 8.23. The summed E-state index contributed by atoms with van der Waals surface area (Å²) in [5.41, 5.74) is 2.86. The number of aryl methyl sites for hydroxylation is 1. The third-order valence-electron chi connectivity index (χ3n) is 3.65. The summed E-state index contributed by atoms with van der Waals surface area (Å²) in [6.07, 6.45) is 3.61. The topological polar surface area (TPSA) is 12.0 Å². The van der Waals surface area contributed by atoms with Crippen molar-refractivity contribution in [2.24, 2.45) is 0 Å². The number of likely N-dealkylation sites (N-methyl/N-ethyl adjacent to an activating group) is 1. The Kier molecular flexibility index (Phi) is 6.28. The van der Waals surface area contributed by atoms with Crippen molar-refractivity contribution < 1.29 is 0 Å². The fraction of sp³-hybridized carbons (Fsp3) is 0.333. The van der Waals surface area contributed by atoms with E-state index >= 15 is 0 Å². The van der Waals surface area contributed by atoms with E-state index in [0.717, 1.165) is 17.4 Å². The van der Waals surface area contributed by atoms with Gasteiger partial charge in [-0.05, 0) is 55.5 Å². The Hall–Kier alpha value is -1.12. The summed E-state index contributed by atoms with van der Waals surface area (Å²) in [5, 5.41) is 3.32. The molecule has 2 rings (SSSR count). The molecule has 0 saturated carbocycles. The highest BCUT2D eigenvalue weighted by molar-refractivity contribution is 9.10. The van der Waals surface area contributed by atoms with Gasteiger partial charge >= 0.3 is 0 Å². The van der Waals surface area contributed by atoms with Gasteiger partial charge in [0.25, 0.3) is 0 Å². The summed E-state index contributed by atoms with van der Waals surface area (Å²) < 4.78 is 1.15. The molecule has 1 nitrogen and oxygen atoms in total. The Bertz CT molecular complexity index is 493. The maximum Gasteiger partial charge on any atom is 0.0175 e. The SMILES string of the molecule is CNCC(CCCc1ccccc1)c1ccc(Br)cc1. The molecule has 0 bridgehead atoms. The largest absolute Gasteiger partial charge is 0.319 e. The van der Waals surface area contributed by atoms with Gasteiger partial charge in [-0.2, -0.15) is 0 Å². The fourth-order valence-corrected chi connectivity index (χ4v) is 2.83. The molecule has 1 N–H and O–H groups in total. The fourth-order valence-electron chi connectivity index (χ4n) is 2.57. The van der Waals surface area contributed by atoms with Crippen LogP contribution in [0.25, 0.3) is 0 Å². The first-order valence-electron chi connectivity index (χ1n) is 7.23. The van der Waals surface area contributed by atoms with E-state index in [0.29, 0.717) is 5.92 Å². The van der Waals surface area contributed by atoms with Crippen molar-refractivity contribution in [2.45, 2.75) is 25.2 Å². The minimum Gasteiger partial charge on any atom is -0.319 e. The smallest absolute Gasteiger partial charge is 0.0175 e. The Labute approximate surface area is 130 Å². The minimum atomic E-state index is 0.594. The van der Waals surface area contributed by atoms with Gasteiger partial charge in [0, 0.05) is 11.0 Å². The Morgan fingerprint density at radius 3 is 2.35 bits per heavy atom. The Morgan fingerprint density at radius 1 is 1.00 bits per heavy atom. The second-order valence-electron chi connectivity index (χ2n) is 5.18. The molecule has 0 aliphatic heterocycles. The van der Waals surface area contributed by atoms with Crippen LogP contribution in [0.3, 0.4) is 0 Å². The summed E-state index contributed by atoms with van der Waals surface area (Å²) >= 11 is 3.50. The molecule has 20 heavy (non-hydrogen) atoms. The van der Waals surface area contributed by atoms with Gasteiger partial charge in [0.05, 0.1) is 0 Å². The van der Waals surface area contributed by atoms with E-state index < -0.39 is 0 Å². The highest BCUT2D eigenvalue weighted by Gasteiger charge is 2.10. The lowest BCUT2D eigenvalue weighted by molar-refractivity contribution is 0.560. The lowest BCUT2D eigenvalue weighted by Gasteiger charge is -2.17. The molecule has 0 aliphatic rings. The van der Waals surface area contributed by atoms with Gasteiger partial charge in [0.15, 0.2) is 0 Å². The maximum absolute atomic E-state index is 3.50. The second-order valence-corrected chi connectivity index (χ2v) is 6.10. The van der Waals surface area contributed by atoms with Gasteiger partial charge in [0.1, 0.15) is 0 Å². The Balaban J connectivity index is 1.90. The van der Waals surface area contributed by atoms with Crippen LogP contribution in [0.5, 0.6) is 0 Å². The highest BCUT2D eigenvalue weighted by atomic mass is 79.9. The van der Waals surface area contributed by atoms with Crippen LogP contribution in [0.2, 0.25) is 0 Å². The molecule has 0 heterocycles. The van der Waals surface area contributed by atoms with Crippen molar-refractivity contribution in [1.29, 1.82) is 0 Å². The zero-order valence-electron chi connectivity index (χ0n) is 12.0. The quantitative estimate of drug-likeness (QED) is 0.770. The summed E-state index contributed by atoms with van der Waals surface area (Å²) in [7, 11) is 2.03. The predicted molar refractivity (Wildman–Crippen MR) is 90.2 cm³/mol. The predicted octanol–water partition coefficient (Wildman–Crippen LogP) is 4.78. The number of benzene rings is 2. The summed E-state index contributed by atoms with van der Waals surface area (Å²) in [4.78, 5) is 0. The first kappa shape index (κ1) is 15.3. The van der Waals surface area contributed by atoms with E-state index in [1.165, 1.54) is 24.0 Å². The third-order valence-corrected chi connectivity index (χ3v) is 4.18. The number of halogens is 1. The molecule has 106 valence electrons. The van der Waals surface area contributed by atoms with E-state index in [1.54, 1.807) is 0 Å². The Morgan fingerprint density at radius 2 is 1.70 bits per heavy atom. The molecule has 0 spiro atoms. The molecule has 0 saturated heterocycles. The summed E-state index contributed by atoms with van der Waals surface area (Å²) in [5.74, 6) is 0.594. The van der Waals surface area contributed by atoms with Crippen molar-refractivity contribution in [3.05, 3.63) is 70.2 Å². The molecule has 2 aromatic carbocycles. The molecule has 2 heteroatoms. The van der Waals surface area contributed by atoms with Crippen LogP contribution in [-0.2, 0) is 6.42 Å². The van der Waals surface area contributed by atoms with E-state index in [4.69, 9.17) is 0 Å². The highest BCUT2D eigenvalue weighted by Crippen LogP contribution is 2.23. The monoisotopic (exact) mass is 331 g/mol. The van der Waals surface area contributed by atoms with E-state index in [-0.39, 0.29) is 0 Å². The molecule has 0 amide bonds. The van der Waals surface area contributed by atoms with E-state index in [9.17, 15) is 0 Å². The normalized spacial score (nSPS) is 12.3. The van der Waals surface area contributed by atoms with Crippen LogP contribution in [0, 0.1) is 0 Å². The van der Waals surface area contributed by atoms with Crippen molar-refractivity contribution in [2.75, 3.05) is 13.6 Å². The number of hydrogen-bond donors (Lipinski definition) is 1. The summed E-state index contributed by atoms with van der Waals surface area (Å²) in [6, 6.07) is 19.5. The van der Waals surface area contributed by atoms with Gasteiger partial charge in [-0.15, -0.1) is 0 Å². The molecule has 1 unspecified atom stereocenters. The average Bonchev–Trinajstić information content (AvgIpc) is 2.48. The molecule has 0 aromatic heterocycles. The molecular formula is C18H22BrN. The molecule has 0 radical (unpaired) electrons. The van der Waals surface area contributed by atoms with E-state index in [2.05, 4.69) is 75.8 Å².